The maximum absolute atomic E-state index is 6.61. The monoisotopic (exact) mass is 520 g/mol. The van der Waals surface area contributed by atoms with Gasteiger partial charge in [0.1, 0.15) is 30.0 Å². The Labute approximate surface area is 204 Å². The maximum atomic E-state index is 6.61. The van der Waals surface area contributed by atoms with Crippen molar-refractivity contribution in [2.45, 2.75) is 12.1 Å². The van der Waals surface area contributed by atoms with Gasteiger partial charge in [0.25, 0.3) is 0 Å². The van der Waals surface area contributed by atoms with Crippen molar-refractivity contribution >= 4 is 39.2 Å². The molecule has 0 amide bonds. The second-order valence-electron chi connectivity index (χ2n) is 7.83. The van der Waals surface area contributed by atoms with Crippen LogP contribution < -0.4 is 14.8 Å². The number of anilines is 1. The highest BCUT2D eigenvalue weighted by Crippen LogP contribution is 2.51. The molecule has 0 radical (unpaired) electrons. The number of hydrogen-bond acceptors (Lipinski definition) is 5. The highest BCUT2D eigenvalue weighted by molar-refractivity contribution is 9.10. The van der Waals surface area contributed by atoms with Gasteiger partial charge in [0.2, 0.25) is 5.95 Å². The van der Waals surface area contributed by atoms with Crippen molar-refractivity contribution in [2.75, 3.05) is 12.4 Å². The summed E-state index contributed by atoms with van der Waals surface area (Å²) in [5.74, 6) is 2.25. The molecule has 164 valence electrons. The minimum Gasteiger partial charge on any atom is -0.496 e. The fraction of sp³-hybridized carbons (Fsp3) is 0.120. The molecule has 1 aromatic heterocycles. The van der Waals surface area contributed by atoms with Crippen LogP contribution >= 0.6 is 27.5 Å². The molecule has 2 atom stereocenters. The summed E-state index contributed by atoms with van der Waals surface area (Å²) in [7, 11) is 1.66. The third-order valence-corrected chi connectivity index (χ3v) is 6.86. The van der Waals surface area contributed by atoms with E-state index in [2.05, 4.69) is 49.5 Å². The summed E-state index contributed by atoms with van der Waals surface area (Å²) < 4.78 is 14.8. The number of para-hydroxylation sites is 1. The molecular weight excluding hydrogens is 504 g/mol. The quantitative estimate of drug-likeness (QED) is 0.345. The zero-order valence-electron chi connectivity index (χ0n) is 17.5. The van der Waals surface area contributed by atoms with E-state index in [0.29, 0.717) is 11.0 Å². The number of benzene rings is 3. The van der Waals surface area contributed by atoms with Gasteiger partial charge in [-0.2, -0.15) is 10.1 Å². The summed E-state index contributed by atoms with van der Waals surface area (Å²) in [5, 5.41) is 8.75. The van der Waals surface area contributed by atoms with Crippen LogP contribution in [-0.2, 0) is 0 Å². The first-order chi connectivity index (χ1) is 16.1. The van der Waals surface area contributed by atoms with Gasteiger partial charge in [0.05, 0.1) is 17.3 Å². The van der Waals surface area contributed by atoms with Gasteiger partial charge < -0.3 is 14.8 Å². The Morgan fingerprint density at radius 3 is 2.64 bits per heavy atom. The van der Waals surface area contributed by atoms with E-state index in [1.165, 1.54) is 0 Å². The van der Waals surface area contributed by atoms with Crippen LogP contribution in [0.4, 0.5) is 5.95 Å². The van der Waals surface area contributed by atoms with E-state index in [-0.39, 0.29) is 12.1 Å². The van der Waals surface area contributed by atoms with Gasteiger partial charge in [-0.3, -0.25) is 0 Å². The predicted molar refractivity (Wildman–Crippen MR) is 131 cm³/mol. The predicted octanol–water partition coefficient (Wildman–Crippen LogP) is 6.26. The molecule has 6 rings (SSSR count). The Morgan fingerprint density at radius 2 is 1.85 bits per heavy atom. The Hall–Kier alpha value is -3.29. The van der Waals surface area contributed by atoms with Gasteiger partial charge in [0.15, 0.2) is 0 Å². The van der Waals surface area contributed by atoms with Gasteiger partial charge in [-0.15, -0.1) is 0 Å². The third kappa shape index (κ3) is 3.31. The lowest BCUT2D eigenvalue weighted by molar-refractivity contribution is 0.223. The summed E-state index contributed by atoms with van der Waals surface area (Å²) in [4.78, 5) is 4.47. The van der Waals surface area contributed by atoms with Gasteiger partial charge in [-0.1, -0.05) is 41.9 Å². The first kappa shape index (κ1) is 20.3. The van der Waals surface area contributed by atoms with Crippen LogP contribution in [0.25, 0.3) is 5.70 Å². The highest BCUT2D eigenvalue weighted by Gasteiger charge is 2.41. The lowest BCUT2D eigenvalue weighted by Crippen LogP contribution is -2.32. The Bertz CT molecular complexity index is 1400. The van der Waals surface area contributed by atoms with Crippen LogP contribution in [0.1, 0.15) is 28.8 Å². The number of ether oxygens (including phenoxy) is 2. The van der Waals surface area contributed by atoms with Crippen molar-refractivity contribution in [1.82, 2.24) is 14.8 Å². The Kier molecular flexibility index (Phi) is 4.89. The molecule has 0 saturated carbocycles. The van der Waals surface area contributed by atoms with Crippen molar-refractivity contribution in [1.29, 1.82) is 0 Å². The molecule has 3 aromatic carbocycles. The number of nitrogens with zero attached hydrogens (tertiary/aromatic N) is 3. The fourth-order valence-corrected chi connectivity index (χ4v) is 5.19. The van der Waals surface area contributed by atoms with Crippen LogP contribution in [0.5, 0.6) is 11.5 Å². The van der Waals surface area contributed by atoms with E-state index >= 15 is 0 Å². The van der Waals surface area contributed by atoms with Crippen LogP contribution in [0.15, 0.2) is 83.1 Å². The molecule has 0 spiro atoms. The first-order valence-electron chi connectivity index (χ1n) is 10.4. The molecule has 0 saturated heterocycles. The molecule has 2 aliphatic heterocycles. The highest BCUT2D eigenvalue weighted by atomic mass is 79.9. The lowest BCUT2D eigenvalue weighted by Gasteiger charge is -2.39. The van der Waals surface area contributed by atoms with Gasteiger partial charge in [0, 0.05) is 16.2 Å². The van der Waals surface area contributed by atoms with Gasteiger partial charge >= 0.3 is 0 Å². The third-order valence-electron chi connectivity index (χ3n) is 5.99. The molecule has 0 unspecified atom stereocenters. The van der Waals surface area contributed by atoms with E-state index in [9.17, 15) is 0 Å². The lowest BCUT2D eigenvalue weighted by atomic mass is 9.84. The van der Waals surface area contributed by atoms with E-state index in [1.54, 1.807) is 13.4 Å². The zero-order chi connectivity index (χ0) is 22.5. The van der Waals surface area contributed by atoms with Crippen LogP contribution in [0.3, 0.4) is 0 Å². The van der Waals surface area contributed by atoms with Crippen molar-refractivity contribution in [3.8, 4) is 11.5 Å². The molecule has 0 bridgehead atoms. The van der Waals surface area contributed by atoms with E-state index in [1.807, 2.05) is 53.2 Å². The molecule has 6 nitrogen and oxygen atoms in total. The summed E-state index contributed by atoms with van der Waals surface area (Å²) in [6, 6.07) is 21.6. The number of aromatic nitrogens is 3. The smallest absolute Gasteiger partial charge is 0.226 e. The van der Waals surface area contributed by atoms with Crippen molar-refractivity contribution in [3.63, 3.8) is 0 Å². The zero-order valence-corrected chi connectivity index (χ0v) is 19.8. The molecule has 0 fully saturated rings. The molecule has 2 aliphatic rings. The minimum atomic E-state index is -0.345. The van der Waals surface area contributed by atoms with Crippen LogP contribution in [0, 0.1) is 0 Å². The standard InChI is InChI=1S/C25H18BrClN4O2/c1-32-20-11-8-15(12-18(20)26)23-21-22(30-25-28-13-29-31(23)25)17-4-2-3-5-19(17)33-24(21)14-6-9-16(27)10-7-14/h2-13,23-24H,1H3,(H,28,29,30)/t23-,24-/m1/s1. The number of fused-ring (bicyclic) bond motifs is 3. The minimum absolute atomic E-state index is 0.241. The first-order valence-corrected chi connectivity index (χ1v) is 11.6. The Balaban J connectivity index is 1.61. The van der Waals surface area contributed by atoms with Crippen LogP contribution in [-0.4, -0.2) is 21.9 Å². The fourth-order valence-electron chi connectivity index (χ4n) is 4.50. The normalized spacial score (nSPS) is 18.5. The average Bonchev–Trinajstić information content (AvgIpc) is 3.31. The number of rotatable bonds is 3. The molecule has 0 aliphatic carbocycles. The topological polar surface area (TPSA) is 61.2 Å². The van der Waals surface area contributed by atoms with Crippen molar-refractivity contribution < 1.29 is 9.47 Å². The SMILES string of the molecule is COc1ccc([C@@H]2C3=C(Nc4ncnn42)c2ccccc2O[C@@H]3c2ccc(Cl)cc2)cc1Br. The number of hydrogen-bond donors (Lipinski definition) is 1. The molecule has 4 aromatic rings. The molecule has 3 heterocycles. The number of methoxy groups -OCH3 is 1. The Morgan fingerprint density at radius 1 is 1.06 bits per heavy atom. The van der Waals surface area contributed by atoms with Crippen LogP contribution in [0.2, 0.25) is 5.02 Å². The summed E-state index contributed by atoms with van der Waals surface area (Å²) >= 11 is 9.83. The van der Waals surface area contributed by atoms with Crippen molar-refractivity contribution in [2.24, 2.45) is 0 Å². The summed E-state index contributed by atoms with van der Waals surface area (Å²) in [5.41, 5.74) is 5.06. The molecule has 1 N–H and O–H groups in total. The summed E-state index contributed by atoms with van der Waals surface area (Å²) in [6.07, 6.45) is 1.22. The molecule has 8 heteroatoms. The van der Waals surface area contributed by atoms with Gasteiger partial charge in [-0.25, -0.2) is 4.68 Å². The molecule has 33 heavy (non-hydrogen) atoms. The van der Waals surface area contributed by atoms with E-state index in [0.717, 1.165) is 43.9 Å². The van der Waals surface area contributed by atoms with E-state index in [4.69, 9.17) is 21.1 Å². The second kappa shape index (κ2) is 7.93. The summed E-state index contributed by atoms with van der Waals surface area (Å²) in [6.45, 7) is 0. The van der Waals surface area contributed by atoms with Gasteiger partial charge in [-0.05, 0) is 63.5 Å². The molecular formula is C25H18BrClN4O2. The maximum Gasteiger partial charge on any atom is 0.226 e. The van der Waals surface area contributed by atoms with E-state index < -0.39 is 0 Å². The number of nitrogens with one attached hydrogen (secondary N) is 1. The van der Waals surface area contributed by atoms with Crippen molar-refractivity contribution in [3.05, 3.63) is 105 Å². The largest absolute Gasteiger partial charge is 0.496 e. The average molecular weight is 522 g/mol. The number of halogens is 2. The second-order valence-corrected chi connectivity index (χ2v) is 9.12.